The van der Waals surface area contributed by atoms with Crippen LogP contribution in [0.4, 0.5) is 5.82 Å². The van der Waals surface area contributed by atoms with Crippen molar-refractivity contribution in [1.29, 1.82) is 0 Å². The summed E-state index contributed by atoms with van der Waals surface area (Å²) in [6.07, 6.45) is 1.87. The lowest BCUT2D eigenvalue weighted by Gasteiger charge is -2.22. The van der Waals surface area contributed by atoms with Crippen molar-refractivity contribution < 1.29 is 9.90 Å². The molecule has 0 atom stereocenters. The van der Waals surface area contributed by atoms with Gasteiger partial charge in [-0.1, -0.05) is 0 Å². The zero-order valence-electron chi connectivity index (χ0n) is 10.1. The lowest BCUT2D eigenvalue weighted by atomic mass is 10.1. The number of pyridine rings is 1. The van der Waals surface area contributed by atoms with Gasteiger partial charge >= 0.3 is 5.97 Å². The Morgan fingerprint density at radius 1 is 1.35 bits per heavy atom. The molecule has 0 fully saturated rings. The first-order chi connectivity index (χ1) is 8.02. The van der Waals surface area contributed by atoms with Crippen LogP contribution in [0.5, 0.6) is 0 Å². The molecule has 17 heavy (non-hydrogen) atoms. The monoisotopic (exact) mass is 236 g/mol. The summed E-state index contributed by atoms with van der Waals surface area (Å²) in [7, 11) is 1.84. The number of aryl methyl sites for hydroxylation is 1. The Kier molecular flexibility index (Phi) is 2.92. The minimum atomic E-state index is -0.972. The molecule has 0 saturated heterocycles. The molecule has 0 aliphatic carbocycles. The molecule has 5 heteroatoms. The van der Waals surface area contributed by atoms with Crippen LogP contribution in [0.1, 0.15) is 28.8 Å². The standard InChI is InChI=1S/C12H16N2O3/c1-8-7-9(15)14-6-4-3-5-13(2)11(14)10(8)12(16)17/h7H,3-6H2,1-2H3,(H,16,17). The third-order valence-electron chi connectivity index (χ3n) is 3.18. The maximum absolute atomic E-state index is 11.9. The first-order valence-electron chi connectivity index (χ1n) is 5.71. The Labute approximate surface area is 99.3 Å². The van der Waals surface area contributed by atoms with E-state index in [2.05, 4.69) is 0 Å². The molecule has 0 spiro atoms. The van der Waals surface area contributed by atoms with Gasteiger partial charge in [0.2, 0.25) is 0 Å². The maximum atomic E-state index is 11.9. The summed E-state index contributed by atoms with van der Waals surface area (Å²) in [5, 5.41) is 9.28. The number of aromatic nitrogens is 1. The zero-order valence-corrected chi connectivity index (χ0v) is 10.1. The number of hydrogen-bond donors (Lipinski definition) is 1. The number of nitrogens with zero attached hydrogens (tertiary/aromatic N) is 2. The normalized spacial score (nSPS) is 15.3. The Morgan fingerprint density at radius 3 is 2.65 bits per heavy atom. The van der Waals surface area contributed by atoms with Gasteiger partial charge in [0.05, 0.1) is 0 Å². The van der Waals surface area contributed by atoms with Crippen LogP contribution in [-0.4, -0.2) is 29.2 Å². The van der Waals surface area contributed by atoms with Crippen LogP contribution in [0.2, 0.25) is 0 Å². The first kappa shape index (κ1) is 11.7. The van der Waals surface area contributed by atoms with Crippen molar-refractivity contribution in [3.63, 3.8) is 0 Å². The summed E-state index contributed by atoms with van der Waals surface area (Å²) in [6, 6.07) is 1.41. The van der Waals surface area contributed by atoms with Crippen molar-refractivity contribution >= 4 is 11.8 Å². The second-order valence-electron chi connectivity index (χ2n) is 4.45. The Morgan fingerprint density at radius 2 is 2.00 bits per heavy atom. The fourth-order valence-electron chi connectivity index (χ4n) is 2.35. The van der Waals surface area contributed by atoms with Crippen LogP contribution < -0.4 is 10.5 Å². The van der Waals surface area contributed by atoms with Crippen LogP contribution in [0.15, 0.2) is 10.9 Å². The summed E-state index contributed by atoms with van der Waals surface area (Å²) in [4.78, 5) is 25.1. The molecule has 0 amide bonds. The topological polar surface area (TPSA) is 62.5 Å². The van der Waals surface area contributed by atoms with E-state index in [1.54, 1.807) is 11.5 Å². The van der Waals surface area contributed by atoms with Gasteiger partial charge in [0, 0.05) is 26.2 Å². The highest BCUT2D eigenvalue weighted by molar-refractivity contribution is 5.95. The average molecular weight is 236 g/mol. The predicted molar refractivity (Wildman–Crippen MR) is 64.9 cm³/mol. The number of carbonyl (C=O) groups is 1. The van der Waals surface area contributed by atoms with Crippen molar-refractivity contribution in [2.45, 2.75) is 26.3 Å². The number of carboxylic acid groups (broad SMARTS) is 1. The summed E-state index contributed by atoms with van der Waals surface area (Å²) >= 11 is 0. The van der Waals surface area contributed by atoms with E-state index in [4.69, 9.17) is 0 Å². The quantitative estimate of drug-likeness (QED) is 0.792. The molecule has 0 radical (unpaired) electrons. The van der Waals surface area contributed by atoms with Crippen molar-refractivity contribution in [2.75, 3.05) is 18.5 Å². The van der Waals surface area contributed by atoms with E-state index >= 15 is 0 Å². The van der Waals surface area contributed by atoms with E-state index in [0.29, 0.717) is 17.9 Å². The van der Waals surface area contributed by atoms with Crippen LogP contribution >= 0.6 is 0 Å². The number of hydrogen-bond acceptors (Lipinski definition) is 3. The van der Waals surface area contributed by atoms with E-state index in [1.807, 2.05) is 11.9 Å². The molecule has 0 bridgehead atoms. The van der Waals surface area contributed by atoms with Crippen LogP contribution in [0.3, 0.4) is 0 Å². The van der Waals surface area contributed by atoms with Crippen LogP contribution in [-0.2, 0) is 6.54 Å². The molecule has 1 aliphatic heterocycles. The Balaban J connectivity index is 2.77. The highest BCUT2D eigenvalue weighted by Gasteiger charge is 2.23. The third-order valence-corrected chi connectivity index (χ3v) is 3.18. The Bertz CT molecular complexity index is 519. The molecule has 2 rings (SSSR count). The molecule has 1 N–H and O–H groups in total. The molecule has 2 heterocycles. The largest absolute Gasteiger partial charge is 0.478 e. The summed E-state index contributed by atoms with van der Waals surface area (Å²) in [5.41, 5.74) is 0.660. The molecule has 1 aromatic rings. The fourth-order valence-corrected chi connectivity index (χ4v) is 2.35. The molecular weight excluding hydrogens is 220 g/mol. The maximum Gasteiger partial charge on any atom is 0.339 e. The van der Waals surface area contributed by atoms with Gasteiger partial charge in [-0.25, -0.2) is 4.79 Å². The average Bonchev–Trinajstić information content (AvgIpc) is 2.41. The van der Waals surface area contributed by atoms with Gasteiger partial charge in [-0.3, -0.25) is 9.36 Å². The second-order valence-corrected chi connectivity index (χ2v) is 4.45. The van der Waals surface area contributed by atoms with Gasteiger partial charge in [0.25, 0.3) is 5.56 Å². The molecule has 0 aromatic carbocycles. The number of fused-ring (bicyclic) bond motifs is 1. The van der Waals surface area contributed by atoms with Crippen LogP contribution in [0.25, 0.3) is 0 Å². The number of aromatic carboxylic acids is 1. The van der Waals surface area contributed by atoms with Crippen molar-refractivity contribution in [3.05, 3.63) is 27.5 Å². The molecule has 1 aliphatic rings. The van der Waals surface area contributed by atoms with Gasteiger partial charge in [-0.05, 0) is 25.3 Å². The smallest absolute Gasteiger partial charge is 0.339 e. The lowest BCUT2D eigenvalue weighted by Crippen LogP contribution is -2.30. The van der Waals surface area contributed by atoms with E-state index in [9.17, 15) is 14.7 Å². The van der Waals surface area contributed by atoms with Crippen molar-refractivity contribution in [3.8, 4) is 0 Å². The molecule has 5 nitrogen and oxygen atoms in total. The summed E-state index contributed by atoms with van der Waals surface area (Å²) in [5.74, 6) is -0.431. The first-order valence-corrected chi connectivity index (χ1v) is 5.71. The lowest BCUT2D eigenvalue weighted by molar-refractivity contribution is 0.0696. The summed E-state index contributed by atoms with van der Waals surface area (Å²) < 4.78 is 1.57. The number of carboxylic acids is 1. The molecule has 92 valence electrons. The van der Waals surface area contributed by atoms with Crippen LogP contribution in [0, 0.1) is 6.92 Å². The minimum absolute atomic E-state index is 0.115. The van der Waals surface area contributed by atoms with Gasteiger partial charge in [0.15, 0.2) is 0 Å². The highest BCUT2D eigenvalue weighted by atomic mass is 16.4. The molecule has 0 saturated carbocycles. The van der Waals surface area contributed by atoms with E-state index in [1.165, 1.54) is 6.07 Å². The van der Waals surface area contributed by atoms with Gasteiger partial charge in [-0.15, -0.1) is 0 Å². The number of rotatable bonds is 1. The molecular formula is C12H16N2O3. The molecule has 1 aromatic heterocycles. The second kappa shape index (κ2) is 4.24. The third kappa shape index (κ3) is 1.92. The zero-order chi connectivity index (χ0) is 12.6. The Hall–Kier alpha value is -1.78. The van der Waals surface area contributed by atoms with E-state index < -0.39 is 5.97 Å². The summed E-state index contributed by atoms with van der Waals surface area (Å²) in [6.45, 7) is 3.05. The fraction of sp³-hybridized carbons (Fsp3) is 0.500. The SMILES string of the molecule is Cc1cc(=O)n2c(c1C(=O)O)N(C)CCCC2. The predicted octanol–water partition coefficient (Wildman–Crippen LogP) is 1.08. The van der Waals surface area contributed by atoms with Gasteiger partial charge in [0.1, 0.15) is 11.4 Å². The van der Waals surface area contributed by atoms with Gasteiger partial charge < -0.3 is 10.0 Å². The highest BCUT2D eigenvalue weighted by Crippen LogP contribution is 2.24. The van der Waals surface area contributed by atoms with E-state index in [-0.39, 0.29) is 11.1 Å². The van der Waals surface area contributed by atoms with E-state index in [0.717, 1.165) is 19.4 Å². The molecule has 0 unspecified atom stereocenters. The number of anilines is 1. The minimum Gasteiger partial charge on any atom is -0.478 e. The van der Waals surface area contributed by atoms with Crippen molar-refractivity contribution in [2.24, 2.45) is 0 Å². The van der Waals surface area contributed by atoms with Crippen molar-refractivity contribution in [1.82, 2.24) is 4.57 Å². The van der Waals surface area contributed by atoms with Gasteiger partial charge in [-0.2, -0.15) is 0 Å².